The molecule has 1 atom stereocenters. The number of phenols is 1. The lowest BCUT2D eigenvalue weighted by Gasteiger charge is -2.48. The van der Waals surface area contributed by atoms with Crippen molar-refractivity contribution in [2.45, 2.75) is 38.6 Å². The summed E-state index contributed by atoms with van der Waals surface area (Å²) in [5, 5.41) is 10.1. The fourth-order valence-electron chi connectivity index (χ4n) is 4.87. The Hall–Kier alpha value is -3.60. The molecule has 5 heteroatoms. The van der Waals surface area contributed by atoms with Crippen LogP contribution in [0.15, 0.2) is 66.7 Å². The fraction of sp³-hybridized carbons (Fsp3) is 0.276. The summed E-state index contributed by atoms with van der Waals surface area (Å²) in [5.74, 6) is -0.258. The van der Waals surface area contributed by atoms with Crippen molar-refractivity contribution in [2.75, 3.05) is 18.6 Å². The number of nitrogens with zero attached hydrogens (tertiary/aromatic N) is 1. The van der Waals surface area contributed by atoms with E-state index < -0.39 is 11.5 Å². The highest BCUT2D eigenvalue weighted by Gasteiger charge is 2.40. The summed E-state index contributed by atoms with van der Waals surface area (Å²) < 4.78 is 19.7. The van der Waals surface area contributed by atoms with Gasteiger partial charge in [0.1, 0.15) is 11.6 Å². The van der Waals surface area contributed by atoms with Crippen molar-refractivity contribution >= 4 is 17.7 Å². The van der Waals surface area contributed by atoms with Crippen molar-refractivity contribution in [2.24, 2.45) is 0 Å². The van der Waals surface area contributed by atoms with Gasteiger partial charge in [-0.15, -0.1) is 0 Å². The van der Waals surface area contributed by atoms with Gasteiger partial charge in [0.25, 0.3) is 0 Å². The van der Waals surface area contributed by atoms with Crippen LogP contribution >= 0.6 is 0 Å². The second-order valence-corrected chi connectivity index (χ2v) is 9.15. The summed E-state index contributed by atoms with van der Waals surface area (Å²) in [7, 11) is 1.35. The van der Waals surface area contributed by atoms with E-state index >= 15 is 0 Å². The molecule has 3 aromatic rings. The van der Waals surface area contributed by atoms with Crippen molar-refractivity contribution < 1.29 is 19.0 Å². The van der Waals surface area contributed by atoms with E-state index in [-0.39, 0.29) is 17.5 Å². The first-order chi connectivity index (χ1) is 16.2. The van der Waals surface area contributed by atoms with Crippen molar-refractivity contribution in [3.05, 3.63) is 100 Å². The summed E-state index contributed by atoms with van der Waals surface area (Å²) in [6.45, 7) is 6.79. The van der Waals surface area contributed by atoms with E-state index in [4.69, 9.17) is 0 Å². The number of carbonyl (C=O) groups is 1. The first kappa shape index (κ1) is 23.6. The van der Waals surface area contributed by atoms with Gasteiger partial charge in [0.2, 0.25) is 0 Å². The zero-order chi connectivity index (χ0) is 24.5. The van der Waals surface area contributed by atoms with Crippen LogP contribution in [0.2, 0.25) is 0 Å². The molecule has 0 saturated carbocycles. The number of carbonyl (C=O) groups excluding carboxylic acids is 1. The molecule has 34 heavy (non-hydrogen) atoms. The normalized spacial score (nSPS) is 17.8. The van der Waals surface area contributed by atoms with Crippen molar-refractivity contribution in [3.63, 3.8) is 0 Å². The maximum absolute atomic E-state index is 15.0. The lowest BCUT2D eigenvalue weighted by atomic mass is 9.76. The van der Waals surface area contributed by atoms with Gasteiger partial charge in [-0.3, -0.25) is 0 Å². The Morgan fingerprint density at radius 2 is 1.85 bits per heavy atom. The van der Waals surface area contributed by atoms with E-state index in [1.165, 1.54) is 13.2 Å². The number of phenolic OH excluding ortho intramolecular Hbond substituents is 1. The molecule has 0 radical (unpaired) electrons. The number of methoxy groups -OCH3 is 1. The average molecular weight is 460 g/mol. The molecule has 1 heterocycles. The molecule has 1 aliphatic rings. The van der Waals surface area contributed by atoms with Gasteiger partial charge in [0, 0.05) is 18.3 Å². The molecule has 0 amide bonds. The molecular formula is C29H30FNO3. The lowest BCUT2D eigenvalue weighted by Crippen LogP contribution is -2.49. The Morgan fingerprint density at radius 3 is 2.50 bits per heavy atom. The van der Waals surface area contributed by atoms with E-state index in [1.807, 2.05) is 62.4 Å². The van der Waals surface area contributed by atoms with Crippen molar-refractivity contribution in [1.29, 1.82) is 0 Å². The van der Waals surface area contributed by atoms with E-state index in [1.54, 1.807) is 18.2 Å². The van der Waals surface area contributed by atoms with Crippen LogP contribution in [0, 0.1) is 5.82 Å². The van der Waals surface area contributed by atoms with Gasteiger partial charge in [0.05, 0.1) is 12.6 Å². The number of anilines is 1. The number of fused-ring (bicyclic) bond motifs is 1. The SMILES string of the molecule is COC(=O)/C=C/c1ccc(C2(C)c3ccc(O)cc3CCN2c2ccc(C(C)C)c(F)c2)cc1. The number of rotatable bonds is 5. The lowest BCUT2D eigenvalue weighted by molar-refractivity contribution is -0.134. The third kappa shape index (κ3) is 4.30. The molecule has 1 unspecified atom stereocenters. The zero-order valence-electron chi connectivity index (χ0n) is 20.0. The van der Waals surface area contributed by atoms with E-state index in [2.05, 4.69) is 16.6 Å². The molecule has 1 N–H and O–H groups in total. The van der Waals surface area contributed by atoms with Gasteiger partial charge < -0.3 is 14.7 Å². The minimum atomic E-state index is -0.586. The molecule has 0 aromatic heterocycles. The largest absolute Gasteiger partial charge is 0.508 e. The number of aromatic hydroxyl groups is 1. The van der Waals surface area contributed by atoms with Crippen LogP contribution in [0.5, 0.6) is 5.75 Å². The molecule has 0 spiro atoms. The molecule has 4 rings (SSSR count). The number of ether oxygens (including phenoxy) is 1. The zero-order valence-corrected chi connectivity index (χ0v) is 20.0. The van der Waals surface area contributed by atoms with Crippen molar-refractivity contribution in [3.8, 4) is 5.75 Å². The van der Waals surface area contributed by atoms with Gasteiger partial charge in [-0.25, -0.2) is 9.18 Å². The van der Waals surface area contributed by atoms with Gasteiger partial charge >= 0.3 is 5.97 Å². The number of esters is 1. The predicted molar refractivity (Wildman–Crippen MR) is 134 cm³/mol. The van der Waals surface area contributed by atoms with Crippen LogP contribution in [0.25, 0.3) is 6.08 Å². The minimum absolute atomic E-state index is 0.107. The Balaban J connectivity index is 1.81. The highest BCUT2D eigenvalue weighted by atomic mass is 19.1. The molecule has 0 aliphatic carbocycles. The molecule has 0 saturated heterocycles. The van der Waals surface area contributed by atoms with Crippen LogP contribution in [-0.2, 0) is 21.5 Å². The topological polar surface area (TPSA) is 49.8 Å². The molecule has 0 fully saturated rings. The molecular weight excluding hydrogens is 429 g/mol. The quantitative estimate of drug-likeness (QED) is 0.366. The van der Waals surface area contributed by atoms with Gasteiger partial charge in [-0.1, -0.05) is 50.2 Å². The van der Waals surface area contributed by atoms with E-state index in [0.29, 0.717) is 12.1 Å². The standard InChI is InChI=1S/C29H30FNO3/c1-19(2)25-12-10-23(18-27(25)30)31-16-15-21-17-24(32)11-13-26(21)29(31,3)22-8-5-20(6-9-22)7-14-28(33)34-4/h5-14,17-19,32H,15-16H2,1-4H3/b14-7+. The summed E-state index contributed by atoms with van der Waals surface area (Å²) in [6.07, 6.45) is 3.84. The number of hydrogen-bond donors (Lipinski definition) is 1. The first-order valence-corrected chi connectivity index (χ1v) is 11.5. The third-order valence-corrected chi connectivity index (χ3v) is 6.76. The third-order valence-electron chi connectivity index (χ3n) is 6.76. The highest BCUT2D eigenvalue weighted by Crippen LogP contribution is 2.44. The van der Waals surface area contributed by atoms with Crippen LogP contribution in [-0.4, -0.2) is 24.7 Å². The van der Waals surface area contributed by atoms with Gasteiger partial charge in [-0.2, -0.15) is 0 Å². The van der Waals surface area contributed by atoms with Crippen LogP contribution in [0.1, 0.15) is 54.5 Å². The summed E-state index contributed by atoms with van der Waals surface area (Å²) in [5.41, 5.74) is 4.99. The second kappa shape index (κ2) is 9.34. The average Bonchev–Trinajstić information content (AvgIpc) is 2.82. The monoisotopic (exact) mass is 459 g/mol. The Labute approximate surface area is 200 Å². The maximum Gasteiger partial charge on any atom is 0.330 e. The molecule has 3 aromatic carbocycles. The molecule has 4 nitrogen and oxygen atoms in total. The Morgan fingerprint density at radius 1 is 1.12 bits per heavy atom. The molecule has 176 valence electrons. The van der Waals surface area contributed by atoms with Crippen LogP contribution in [0.3, 0.4) is 0 Å². The van der Waals surface area contributed by atoms with Crippen molar-refractivity contribution in [1.82, 2.24) is 0 Å². The second-order valence-electron chi connectivity index (χ2n) is 9.15. The maximum atomic E-state index is 15.0. The van der Waals surface area contributed by atoms with Gasteiger partial charge in [0.15, 0.2) is 0 Å². The number of hydrogen-bond acceptors (Lipinski definition) is 4. The van der Waals surface area contributed by atoms with E-state index in [0.717, 1.165) is 34.4 Å². The summed E-state index contributed by atoms with van der Waals surface area (Å²) in [6, 6.07) is 19.0. The van der Waals surface area contributed by atoms with Crippen LogP contribution < -0.4 is 4.90 Å². The molecule has 1 aliphatic heterocycles. The minimum Gasteiger partial charge on any atom is -0.508 e. The summed E-state index contributed by atoms with van der Waals surface area (Å²) >= 11 is 0. The number of halogens is 1. The van der Waals surface area contributed by atoms with Crippen LogP contribution in [0.4, 0.5) is 10.1 Å². The Kier molecular flexibility index (Phi) is 6.47. The van der Waals surface area contributed by atoms with Gasteiger partial charge in [-0.05, 0) is 77.4 Å². The highest BCUT2D eigenvalue weighted by molar-refractivity contribution is 5.86. The summed E-state index contributed by atoms with van der Waals surface area (Å²) in [4.78, 5) is 13.7. The van der Waals surface area contributed by atoms with E-state index in [9.17, 15) is 14.3 Å². The number of benzene rings is 3. The smallest absolute Gasteiger partial charge is 0.330 e. The Bertz CT molecular complexity index is 1230. The first-order valence-electron chi connectivity index (χ1n) is 11.5. The predicted octanol–water partition coefficient (Wildman–Crippen LogP) is 6.17. The fourth-order valence-corrected chi connectivity index (χ4v) is 4.87. The molecule has 0 bridgehead atoms.